The standard InChI is InChI=1S/C13H18N2O2S/c1-6-10-15-7-9(18-10)11(14)8(2)12(16)17-13(3,4)5/h6-7,11H,1-2,14H2,3-5H3. The quantitative estimate of drug-likeness (QED) is 0.672. The van der Waals surface area contributed by atoms with Crippen molar-refractivity contribution in [3.8, 4) is 0 Å². The molecule has 0 bridgehead atoms. The predicted octanol–water partition coefficient (Wildman–Crippen LogP) is 2.68. The molecule has 0 fully saturated rings. The summed E-state index contributed by atoms with van der Waals surface area (Å²) in [6.07, 6.45) is 3.26. The lowest BCUT2D eigenvalue weighted by atomic mass is 10.1. The van der Waals surface area contributed by atoms with Crippen LogP contribution < -0.4 is 5.73 Å². The van der Waals surface area contributed by atoms with E-state index in [-0.39, 0.29) is 5.57 Å². The average Bonchev–Trinajstić information content (AvgIpc) is 2.73. The SMILES string of the molecule is C=Cc1ncc(C(N)C(=C)C(=O)OC(C)(C)C)s1. The van der Waals surface area contributed by atoms with Gasteiger partial charge in [-0.3, -0.25) is 0 Å². The molecule has 18 heavy (non-hydrogen) atoms. The number of nitrogens with zero attached hydrogens (tertiary/aromatic N) is 1. The van der Waals surface area contributed by atoms with E-state index in [1.165, 1.54) is 11.3 Å². The molecule has 0 aliphatic rings. The van der Waals surface area contributed by atoms with Crippen LogP contribution in [0.2, 0.25) is 0 Å². The molecule has 98 valence electrons. The minimum atomic E-state index is -0.592. The van der Waals surface area contributed by atoms with Gasteiger partial charge < -0.3 is 10.5 Å². The number of nitrogens with two attached hydrogens (primary N) is 1. The van der Waals surface area contributed by atoms with Crippen LogP contribution in [0.15, 0.2) is 24.9 Å². The minimum absolute atomic E-state index is 0.226. The van der Waals surface area contributed by atoms with Crippen molar-refractivity contribution < 1.29 is 9.53 Å². The first kappa shape index (κ1) is 14.6. The van der Waals surface area contributed by atoms with E-state index in [0.717, 1.165) is 9.88 Å². The van der Waals surface area contributed by atoms with Crippen molar-refractivity contribution in [2.24, 2.45) is 5.73 Å². The summed E-state index contributed by atoms with van der Waals surface area (Å²) in [5, 5.41) is 0.762. The molecule has 5 heteroatoms. The van der Waals surface area contributed by atoms with E-state index in [2.05, 4.69) is 18.1 Å². The van der Waals surface area contributed by atoms with Gasteiger partial charge in [-0.2, -0.15) is 0 Å². The predicted molar refractivity (Wildman–Crippen MR) is 74.1 cm³/mol. The number of hydrogen-bond acceptors (Lipinski definition) is 5. The van der Waals surface area contributed by atoms with Crippen LogP contribution in [0.1, 0.15) is 36.7 Å². The lowest BCUT2D eigenvalue weighted by Gasteiger charge is -2.21. The van der Waals surface area contributed by atoms with E-state index in [4.69, 9.17) is 10.5 Å². The second kappa shape index (κ2) is 5.46. The van der Waals surface area contributed by atoms with Crippen molar-refractivity contribution in [2.45, 2.75) is 32.4 Å². The monoisotopic (exact) mass is 266 g/mol. The lowest BCUT2D eigenvalue weighted by molar-refractivity contribution is -0.150. The molecular formula is C13H18N2O2S. The van der Waals surface area contributed by atoms with Crippen molar-refractivity contribution in [3.63, 3.8) is 0 Å². The van der Waals surface area contributed by atoms with Crippen molar-refractivity contribution in [1.82, 2.24) is 4.98 Å². The molecule has 1 rings (SSSR count). The summed E-state index contributed by atoms with van der Waals surface area (Å²) in [5.41, 5.74) is 5.63. The van der Waals surface area contributed by atoms with Crippen LogP contribution in [0.4, 0.5) is 0 Å². The molecule has 1 aromatic heterocycles. The molecule has 0 aromatic carbocycles. The molecule has 0 radical (unpaired) electrons. The molecule has 0 amide bonds. The Labute approximate surface area is 111 Å². The summed E-state index contributed by atoms with van der Waals surface area (Å²) in [6.45, 7) is 12.7. The second-order valence-corrected chi connectivity index (χ2v) is 5.90. The smallest absolute Gasteiger partial charge is 0.335 e. The number of rotatable bonds is 4. The number of carbonyl (C=O) groups excluding carboxylic acids is 1. The maximum absolute atomic E-state index is 11.8. The maximum atomic E-state index is 11.8. The molecule has 1 atom stereocenters. The summed E-state index contributed by atoms with van der Waals surface area (Å²) >= 11 is 1.38. The van der Waals surface area contributed by atoms with Gasteiger partial charge in [0.15, 0.2) is 0 Å². The van der Waals surface area contributed by atoms with Gasteiger partial charge in [0, 0.05) is 11.1 Å². The van der Waals surface area contributed by atoms with Crippen LogP contribution in [-0.4, -0.2) is 16.6 Å². The number of aromatic nitrogens is 1. The van der Waals surface area contributed by atoms with Gasteiger partial charge >= 0.3 is 5.97 Å². The molecule has 4 nitrogen and oxygen atoms in total. The van der Waals surface area contributed by atoms with E-state index in [9.17, 15) is 4.79 Å². The molecule has 2 N–H and O–H groups in total. The number of thiazole rings is 1. The van der Waals surface area contributed by atoms with Crippen LogP contribution in [0.25, 0.3) is 6.08 Å². The maximum Gasteiger partial charge on any atom is 0.335 e. The number of hydrogen-bond donors (Lipinski definition) is 1. The number of carbonyl (C=O) groups is 1. The van der Waals surface area contributed by atoms with E-state index in [1.807, 2.05) is 0 Å². The zero-order valence-corrected chi connectivity index (χ0v) is 11.7. The lowest BCUT2D eigenvalue weighted by Crippen LogP contribution is -2.28. The highest BCUT2D eigenvalue weighted by atomic mass is 32.1. The molecule has 0 spiro atoms. The Hall–Kier alpha value is -1.46. The van der Waals surface area contributed by atoms with Crippen molar-refractivity contribution >= 4 is 23.4 Å². The fourth-order valence-corrected chi connectivity index (χ4v) is 1.99. The molecule has 0 aliphatic heterocycles. The summed E-state index contributed by atoms with van der Waals surface area (Å²) in [5.74, 6) is -0.483. The minimum Gasteiger partial charge on any atom is -0.457 e. The van der Waals surface area contributed by atoms with Gasteiger partial charge in [0.1, 0.15) is 10.6 Å². The summed E-state index contributed by atoms with van der Waals surface area (Å²) < 4.78 is 5.22. The average molecular weight is 266 g/mol. The Morgan fingerprint density at radius 3 is 2.67 bits per heavy atom. The second-order valence-electron chi connectivity index (χ2n) is 4.81. The third-order valence-electron chi connectivity index (χ3n) is 2.06. The molecule has 0 saturated heterocycles. The Balaban J connectivity index is 2.77. The van der Waals surface area contributed by atoms with E-state index in [0.29, 0.717) is 0 Å². The van der Waals surface area contributed by atoms with Gasteiger partial charge in [0.05, 0.1) is 11.6 Å². The van der Waals surface area contributed by atoms with Crippen LogP contribution in [0, 0.1) is 0 Å². The van der Waals surface area contributed by atoms with E-state index >= 15 is 0 Å². The summed E-state index contributed by atoms with van der Waals surface area (Å²) in [7, 11) is 0. The van der Waals surface area contributed by atoms with Gasteiger partial charge in [-0.15, -0.1) is 11.3 Å². The van der Waals surface area contributed by atoms with Crippen molar-refractivity contribution in [2.75, 3.05) is 0 Å². The van der Waals surface area contributed by atoms with Crippen molar-refractivity contribution in [1.29, 1.82) is 0 Å². The Morgan fingerprint density at radius 2 is 2.22 bits per heavy atom. The molecule has 1 aromatic rings. The van der Waals surface area contributed by atoms with Gasteiger partial charge in [-0.05, 0) is 26.8 Å². The summed E-state index contributed by atoms with van der Waals surface area (Å²) in [6, 6.07) is -0.592. The topological polar surface area (TPSA) is 65.2 Å². The normalized spacial score (nSPS) is 12.9. The Bertz CT molecular complexity index is 472. The highest BCUT2D eigenvalue weighted by molar-refractivity contribution is 7.12. The van der Waals surface area contributed by atoms with Gasteiger partial charge in [-0.25, -0.2) is 9.78 Å². The van der Waals surface area contributed by atoms with Gasteiger partial charge in [0.2, 0.25) is 0 Å². The highest BCUT2D eigenvalue weighted by Gasteiger charge is 2.24. The van der Waals surface area contributed by atoms with Crippen LogP contribution in [-0.2, 0) is 9.53 Å². The Morgan fingerprint density at radius 1 is 1.61 bits per heavy atom. The molecule has 0 saturated carbocycles. The fourth-order valence-electron chi connectivity index (χ4n) is 1.18. The summed E-state index contributed by atoms with van der Waals surface area (Å²) in [4.78, 5) is 16.7. The van der Waals surface area contributed by atoms with Gasteiger partial charge in [0.25, 0.3) is 0 Å². The van der Waals surface area contributed by atoms with E-state index in [1.54, 1.807) is 33.0 Å². The van der Waals surface area contributed by atoms with Crippen LogP contribution >= 0.6 is 11.3 Å². The van der Waals surface area contributed by atoms with Crippen LogP contribution in [0.3, 0.4) is 0 Å². The number of ether oxygens (including phenoxy) is 1. The molecule has 0 aliphatic carbocycles. The molecule has 1 heterocycles. The number of esters is 1. The van der Waals surface area contributed by atoms with Crippen molar-refractivity contribution in [3.05, 3.63) is 34.8 Å². The zero-order valence-electron chi connectivity index (χ0n) is 10.9. The Kier molecular flexibility index (Phi) is 4.43. The van der Waals surface area contributed by atoms with E-state index < -0.39 is 17.6 Å². The van der Waals surface area contributed by atoms with Gasteiger partial charge in [-0.1, -0.05) is 13.2 Å². The third kappa shape index (κ3) is 3.78. The first-order chi connectivity index (χ1) is 8.24. The first-order valence-corrected chi connectivity index (χ1v) is 6.32. The largest absolute Gasteiger partial charge is 0.457 e. The highest BCUT2D eigenvalue weighted by Crippen LogP contribution is 2.26. The zero-order chi connectivity index (χ0) is 13.9. The fraction of sp³-hybridized carbons (Fsp3) is 0.385. The van der Waals surface area contributed by atoms with Crippen LogP contribution in [0.5, 0.6) is 0 Å². The third-order valence-corrected chi connectivity index (χ3v) is 3.14. The first-order valence-electron chi connectivity index (χ1n) is 5.50. The molecular weight excluding hydrogens is 248 g/mol. The molecule has 1 unspecified atom stereocenters.